The molecule has 3 nitrogen and oxygen atoms in total. The number of aromatic nitrogens is 2. The number of nitrogens with zero attached hydrogens (tertiary/aromatic N) is 2. The van der Waals surface area contributed by atoms with Gasteiger partial charge >= 0.3 is 182 Å². The molecule has 0 N–H and O–H groups in total. The molecular formula is C23H45N2OSiSn. The molecule has 0 aliphatic heterocycles. The average molecular weight is 512 g/mol. The molecule has 0 aromatic carbocycles. The van der Waals surface area contributed by atoms with Crippen molar-refractivity contribution in [3.05, 3.63) is 11.5 Å². The fraction of sp³-hybridized carbons (Fsp3) is 0.826. The maximum atomic E-state index is 6.63. The minimum absolute atomic E-state index is 0.0209. The van der Waals surface area contributed by atoms with E-state index in [0.717, 1.165) is 17.3 Å². The summed E-state index contributed by atoms with van der Waals surface area (Å²) in [5.41, 5.74) is 1.12. The van der Waals surface area contributed by atoms with Crippen LogP contribution in [0.5, 0.6) is 5.75 Å². The third kappa shape index (κ3) is 7.30. The second kappa shape index (κ2) is 11.9. The van der Waals surface area contributed by atoms with Crippen molar-refractivity contribution < 1.29 is 4.43 Å². The predicted molar refractivity (Wildman–Crippen MR) is 128 cm³/mol. The van der Waals surface area contributed by atoms with Gasteiger partial charge in [-0.05, 0) is 0 Å². The van der Waals surface area contributed by atoms with Crippen LogP contribution in [0.1, 0.15) is 91.6 Å². The van der Waals surface area contributed by atoms with Crippen LogP contribution in [-0.2, 0) is 5.41 Å². The first-order valence-electron chi connectivity index (χ1n) is 11.5. The summed E-state index contributed by atoms with van der Waals surface area (Å²) in [7, 11) is -0.869. The van der Waals surface area contributed by atoms with Crippen LogP contribution in [-0.4, -0.2) is 37.4 Å². The van der Waals surface area contributed by atoms with Gasteiger partial charge in [0.2, 0.25) is 0 Å². The number of aryl methyl sites for hydroxylation is 1. The molecule has 1 heterocycles. The van der Waals surface area contributed by atoms with Gasteiger partial charge in [-0.1, -0.05) is 0 Å². The Morgan fingerprint density at radius 1 is 0.857 bits per heavy atom. The summed E-state index contributed by atoms with van der Waals surface area (Å²) in [5, 5.41) is 0. The van der Waals surface area contributed by atoms with Crippen LogP contribution in [0.25, 0.3) is 0 Å². The van der Waals surface area contributed by atoms with E-state index in [4.69, 9.17) is 14.4 Å². The van der Waals surface area contributed by atoms with Crippen LogP contribution in [0, 0.1) is 6.92 Å². The molecule has 1 rings (SSSR count). The summed E-state index contributed by atoms with van der Waals surface area (Å²) in [6, 6.07) is 0. The molecule has 0 spiro atoms. The van der Waals surface area contributed by atoms with Gasteiger partial charge in [-0.25, -0.2) is 0 Å². The number of hydrogen-bond donors (Lipinski definition) is 0. The zero-order valence-corrected chi connectivity index (χ0v) is 24.0. The molecule has 1 aromatic heterocycles. The summed E-state index contributed by atoms with van der Waals surface area (Å²) in [4.78, 5) is 10.1. The van der Waals surface area contributed by atoms with E-state index in [1.54, 1.807) is 0 Å². The quantitative estimate of drug-likeness (QED) is 0.290. The molecule has 0 aliphatic carbocycles. The van der Waals surface area contributed by atoms with E-state index in [-0.39, 0.29) is 5.41 Å². The first-order chi connectivity index (χ1) is 13.1. The van der Waals surface area contributed by atoms with Gasteiger partial charge in [0, 0.05) is 0 Å². The second-order valence-corrected chi connectivity index (χ2v) is 24.6. The molecule has 0 saturated carbocycles. The Hall–Kier alpha value is -0.104. The Kier molecular flexibility index (Phi) is 11.0. The Balaban J connectivity index is 3.73. The molecule has 1 radical (unpaired) electrons. The van der Waals surface area contributed by atoms with Gasteiger partial charge in [0.25, 0.3) is 0 Å². The molecule has 161 valence electrons. The Morgan fingerprint density at radius 3 is 1.68 bits per heavy atom. The van der Waals surface area contributed by atoms with E-state index in [1.165, 1.54) is 55.5 Å². The van der Waals surface area contributed by atoms with Crippen molar-refractivity contribution in [1.29, 1.82) is 0 Å². The molecule has 0 atom stereocenters. The van der Waals surface area contributed by atoms with Crippen LogP contribution < -0.4 is 8.14 Å². The van der Waals surface area contributed by atoms with Gasteiger partial charge in [-0.3, -0.25) is 0 Å². The van der Waals surface area contributed by atoms with Crippen molar-refractivity contribution >= 4 is 31.1 Å². The zero-order chi connectivity index (χ0) is 21.4. The van der Waals surface area contributed by atoms with Gasteiger partial charge < -0.3 is 0 Å². The molecular weight excluding hydrogens is 467 g/mol. The number of unbranched alkanes of at least 4 members (excludes halogenated alkanes) is 3. The van der Waals surface area contributed by atoms with Crippen molar-refractivity contribution in [2.75, 3.05) is 0 Å². The van der Waals surface area contributed by atoms with Crippen molar-refractivity contribution in [2.24, 2.45) is 0 Å². The summed E-state index contributed by atoms with van der Waals surface area (Å²) < 4.78 is 12.3. The Bertz CT molecular complexity index is 577. The third-order valence-electron chi connectivity index (χ3n) is 5.52. The third-order valence-corrected chi connectivity index (χ3v) is 21.2. The summed E-state index contributed by atoms with van der Waals surface area (Å²) in [6.45, 7) is 20.4. The van der Waals surface area contributed by atoms with Crippen molar-refractivity contribution in [1.82, 2.24) is 9.97 Å². The first kappa shape index (κ1) is 25.9. The summed E-state index contributed by atoms with van der Waals surface area (Å²) in [5.74, 6) is 2.05. The molecule has 0 unspecified atom stereocenters. The van der Waals surface area contributed by atoms with Crippen LogP contribution in [0.3, 0.4) is 0 Å². The zero-order valence-electron chi connectivity index (χ0n) is 20.2. The SMILES string of the molecule is CCC[CH2][Sn]([CH2]CCC)([CH2]CCC)[c]1nc(C)nc(C(C)(C)C)c1O[Si](C)C. The number of hydrogen-bond acceptors (Lipinski definition) is 3. The van der Waals surface area contributed by atoms with E-state index in [1.807, 2.05) is 0 Å². The van der Waals surface area contributed by atoms with E-state index in [0.29, 0.717) is 0 Å². The van der Waals surface area contributed by atoms with E-state index < -0.39 is 27.4 Å². The Labute approximate surface area is 181 Å². The summed E-state index contributed by atoms with van der Waals surface area (Å²) >= 11 is -2.70. The second-order valence-electron chi connectivity index (χ2n) is 9.65. The standard InChI is InChI=1S/C11H18N2OSi.3C4H9.Sn/c1-8-12-7-9(14-15(5)6)10(13-8)11(2,3)4;3*1-3-4-2;/h1-6H3;3*1,3-4H2,2H3;. The van der Waals surface area contributed by atoms with E-state index >= 15 is 0 Å². The van der Waals surface area contributed by atoms with Gasteiger partial charge in [0.15, 0.2) is 0 Å². The minimum atomic E-state index is -2.70. The molecule has 1 aromatic rings. The fourth-order valence-electron chi connectivity index (χ4n) is 4.01. The van der Waals surface area contributed by atoms with Crippen LogP contribution in [0.2, 0.25) is 26.4 Å². The van der Waals surface area contributed by atoms with Crippen molar-refractivity contribution in [3.8, 4) is 5.75 Å². The molecule has 0 amide bonds. The summed E-state index contributed by atoms with van der Waals surface area (Å²) in [6.07, 6.45) is 7.85. The molecule has 28 heavy (non-hydrogen) atoms. The molecule has 0 bridgehead atoms. The van der Waals surface area contributed by atoms with Gasteiger partial charge in [0.1, 0.15) is 0 Å². The van der Waals surface area contributed by atoms with Crippen molar-refractivity contribution in [3.63, 3.8) is 0 Å². The molecule has 0 aliphatic rings. The van der Waals surface area contributed by atoms with Crippen LogP contribution in [0.4, 0.5) is 0 Å². The van der Waals surface area contributed by atoms with Gasteiger partial charge in [0.05, 0.1) is 0 Å². The first-order valence-corrected chi connectivity index (χ1v) is 21.4. The fourth-order valence-corrected chi connectivity index (χ4v) is 20.9. The van der Waals surface area contributed by atoms with Gasteiger partial charge in [-0.15, -0.1) is 0 Å². The van der Waals surface area contributed by atoms with Crippen molar-refractivity contribution in [2.45, 2.75) is 119 Å². The molecule has 5 heteroatoms. The molecule has 0 fully saturated rings. The number of rotatable bonds is 12. The van der Waals surface area contributed by atoms with Crippen LogP contribution >= 0.6 is 0 Å². The normalized spacial score (nSPS) is 12.6. The predicted octanol–water partition coefficient (Wildman–Crippen LogP) is 6.77. The monoisotopic (exact) mass is 513 g/mol. The Morgan fingerprint density at radius 2 is 1.32 bits per heavy atom. The van der Waals surface area contributed by atoms with E-state index in [9.17, 15) is 0 Å². The topological polar surface area (TPSA) is 35.0 Å². The van der Waals surface area contributed by atoms with E-state index in [2.05, 4.69) is 61.6 Å². The average Bonchev–Trinajstić information content (AvgIpc) is 2.61. The maximum absolute atomic E-state index is 6.63. The van der Waals surface area contributed by atoms with Gasteiger partial charge in [-0.2, -0.15) is 0 Å². The molecule has 0 saturated heterocycles. The van der Waals surface area contributed by atoms with Crippen LogP contribution in [0.15, 0.2) is 0 Å².